The number of ether oxygens (including phenoxy) is 1. The van der Waals surface area contributed by atoms with Gasteiger partial charge in [0.2, 0.25) is 0 Å². The van der Waals surface area contributed by atoms with Crippen molar-refractivity contribution in [1.29, 1.82) is 0 Å². The number of halogens is 2. The molecule has 28 heavy (non-hydrogen) atoms. The smallest absolute Gasteiger partial charge is 0.327 e. The van der Waals surface area contributed by atoms with E-state index in [4.69, 9.17) is 27.9 Å². The molecule has 0 aliphatic carbocycles. The second-order valence-corrected chi connectivity index (χ2v) is 7.20. The molecule has 1 aliphatic rings. The average Bonchev–Trinajstić information content (AvgIpc) is 2.89. The minimum atomic E-state index is -1.18. The van der Waals surface area contributed by atoms with Crippen molar-refractivity contribution in [1.82, 2.24) is 10.2 Å². The van der Waals surface area contributed by atoms with Crippen LogP contribution >= 0.6 is 23.2 Å². The minimum Gasteiger partial charge on any atom is -0.451 e. The fraction of sp³-hybridized carbons (Fsp3) is 0.444. The summed E-state index contributed by atoms with van der Waals surface area (Å²) in [6.45, 7) is 4.33. The quantitative estimate of drug-likeness (QED) is 0.511. The topological polar surface area (TPSA) is 105 Å². The zero-order valence-electron chi connectivity index (χ0n) is 15.7. The van der Waals surface area contributed by atoms with Gasteiger partial charge in [-0.1, -0.05) is 37.0 Å². The van der Waals surface area contributed by atoms with E-state index in [-0.39, 0.29) is 10.7 Å². The van der Waals surface area contributed by atoms with E-state index in [9.17, 15) is 19.2 Å². The number of hydrogen-bond donors (Lipinski definition) is 2. The zero-order valence-corrected chi connectivity index (χ0v) is 17.2. The third kappa shape index (κ3) is 4.56. The lowest BCUT2D eigenvalue weighted by Gasteiger charge is -2.23. The summed E-state index contributed by atoms with van der Waals surface area (Å²) in [6, 6.07) is 3.88. The molecule has 1 aliphatic heterocycles. The Morgan fingerprint density at radius 2 is 1.89 bits per heavy atom. The predicted octanol–water partition coefficient (Wildman–Crippen LogP) is 2.97. The molecular formula is C18H21Cl2N3O5. The van der Waals surface area contributed by atoms with E-state index >= 15 is 0 Å². The van der Waals surface area contributed by atoms with Crippen molar-refractivity contribution in [2.45, 2.75) is 45.3 Å². The second kappa shape index (κ2) is 8.79. The molecule has 10 heteroatoms. The number of hydrogen-bond acceptors (Lipinski definition) is 5. The first-order valence-electron chi connectivity index (χ1n) is 8.73. The van der Waals surface area contributed by atoms with Gasteiger partial charge in [0.25, 0.3) is 11.8 Å². The van der Waals surface area contributed by atoms with Crippen molar-refractivity contribution in [2.24, 2.45) is 0 Å². The molecule has 152 valence electrons. The first-order chi connectivity index (χ1) is 13.1. The van der Waals surface area contributed by atoms with Crippen LogP contribution in [0.25, 0.3) is 0 Å². The van der Waals surface area contributed by atoms with Gasteiger partial charge in [0.15, 0.2) is 6.10 Å². The number of amides is 4. The zero-order chi connectivity index (χ0) is 21.1. The van der Waals surface area contributed by atoms with Crippen LogP contribution < -0.4 is 10.6 Å². The summed E-state index contributed by atoms with van der Waals surface area (Å²) in [5.41, 5.74) is -0.740. The Morgan fingerprint density at radius 3 is 2.46 bits per heavy atom. The molecule has 0 spiro atoms. The summed E-state index contributed by atoms with van der Waals surface area (Å²) in [5, 5.41) is 5.76. The van der Waals surface area contributed by atoms with E-state index in [2.05, 4.69) is 10.6 Å². The number of anilines is 1. The lowest BCUT2D eigenvalue weighted by atomic mass is 9.93. The maximum Gasteiger partial charge on any atom is 0.327 e. The lowest BCUT2D eigenvalue weighted by molar-refractivity contribution is -0.155. The Labute approximate surface area is 172 Å². The summed E-state index contributed by atoms with van der Waals surface area (Å²) in [7, 11) is 0. The molecule has 1 heterocycles. The molecule has 0 saturated carbocycles. The van der Waals surface area contributed by atoms with E-state index in [1.165, 1.54) is 19.1 Å². The summed E-state index contributed by atoms with van der Waals surface area (Å²) in [5.74, 6) is -2.00. The largest absolute Gasteiger partial charge is 0.451 e. The van der Waals surface area contributed by atoms with Gasteiger partial charge in [-0.3, -0.25) is 19.3 Å². The molecule has 1 aromatic carbocycles. The van der Waals surface area contributed by atoms with Gasteiger partial charge in [-0.2, -0.15) is 0 Å². The first-order valence-corrected chi connectivity index (χ1v) is 9.48. The number of carbonyl (C=O) groups is 4. The molecule has 1 unspecified atom stereocenters. The molecule has 2 N–H and O–H groups in total. The van der Waals surface area contributed by atoms with Crippen molar-refractivity contribution in [2.75, 3.05) is 11.9 Å². The van der Waals surface area contributed by atoms with Crippen LogP contribution in [0, 0.1) is 0 Å². The van der Waals surface area contributed by atoms with Gasteiger partial charge in [0, 0.05) is 5.02 Å². The number of carbonyl (C=O) groups excluding carboxylic acids is 4. The Hall–Kier alpha value is -2.32. The standard InChI is InChI=1S/C18H21Cl2N3O5/c1-4-18(5-2)16(26)23(17(27)22-18)9-14(24)28-10(3)15(25)21-13-8-11(19)6-7-12(13)20/h6-8,10H,4-5,9H2,1-3H3,(H,21,25)(H,22,27). The maximum absolute atomic E-state index is 12.5. The van der Waals surface area contributed by atoms with Gasteiger partial charge >= 0.3 is 12.0 Å². The van der Waals surface area contributed by atoms with Crippen LogP contribution in [0.2, 0.25) is 10.0 Å². The highest BCUT2D eigenvalue weighted by Crippen LogP contribution is 2.26. The Morgan fingerprint density at radius 1 is 1.25 bits per heavy atom. The predicted molar refractivity (Wildman–Crippen MR) is 104 cm³/mol. The average molecular weight is 430 g/mol. The number of nitrogens with one attached hydrogen (secondary N) is 2. The summed E-state index contributed by atoms with van der Waals surface area (Å²) < 4.78 is 5.05. The fourth-order valence-corrected chi connectivity index (χ4v) is 3.13. The van der Waals surface area contributed by atoms with E-state index in [0.717, 1.165) is 4.90 Å². The Kier molecular flexibility index (Phi) is 6.90. The highest BCUT2D eigenvalue weighted by molar-refractivity contribution is 6.35. The van der Waals surface area contributed by atoms with E-state index < -0.39 is 42.0 Å². The first kappa shape index (κ1) is 22.0. The van der Waals surface area contributed by atoms with Gasteiger partial charge in [-0.05, 0) is 38.0 Å². The van der Waals surface area contributed by atoms with Crippen LogP contribution in [0.15, 0.2) is 18.2 Å². The Balaban J connectivity index is 1.97. The minimum absolute atomic E-state index is 0.270. The second-order valence-electron chi connectivity index (χ2n) is 6.36. The van der Waals surface area contributed by atoms with Gasteiger partial charge in [-0.15, -0.1) is 0 Å². The molecule has 1 fully saturated rings. The van der Waals surface area contributed by atoms with Crippen LogP contribution in [0.5, 0.6) is 0 Å². The third-order valence-electron chi connectivity index (χ3n) is 4.60. The van der Waals surface area contributed by atoms with Crippen molar-refractivity contribution >= 4 is 52.7 Å². The van der Waals surface area contributed by atoms with E-state index in [0.29, 0.717) is 17.9 Å². The monoisotopic (exact) mass is 429 g/mol. The van der Waals surface area contributed by atoms with E-state index in [1.54, 1.807) is 19.9 Å². The van der Waals surface area contributed by atoms with Crippen molar-refractivity contribution < 1.29 is 23.9 Å². The number of esters is 1. The number of benzene rings is 1. The fourth-order valence-electron chi connectivity index (χ4n) is 2.79. The SMILES string of the molecule is CCC1(CC)NC(=O)N(CC(=O)OC(C)C(=O)Nc2cc(Cl)ccc2Cl)C1=O. The molecule has 0 bridgehead atoms. The molecule has 1 aromatic rings. The van der Waals surface area contributed by atoms with Gasteiger partial charge < -0.3 is 15.4 Å². The van der Waals surface area contributed by atoms with Crippen LogP contribution in [0.3, 0.4) is 0 Å². The molecule has 1 atom stereocenters. The highest BCUT2D eigenvalue weighted by atomic mass is 35.5. The lowest BCUT2D eigenvalue weighted by Crippen LogP contribution is -2.46. The summed E-state index contributed by atoms with van der Waals surface area (Å²) in [6.07, 6.45) is -0.372. The van der Waals surface area contributed by atoms with Crippen LogP contribution in [0.4, 0.5) is 10.5 Å². The summed E-state index contributed by atoms with van der Waals surface area (Å²) in [4.78, 5) is 49.7. The van der Waals surface area contributed by atoms with Crippen molar-refractivity contribution in [3.05, 3.63) is 28.2 Å². The van der Waals surface area contributed by atoms with Crippen molar-refractivity contribution in [3.8, 4) is 0 Å². The maximum atomic E-state index is 12.5. The number of urea groups is 1. The molecular weight excluding hydrogens is 409 g/mol. The molecule has 0 radical (unpaired) electrons. The molecule has 0 aromatic heterocycles. The van der Waals surface area contributed by atoms with Gasteiger partial charge in [0.05, 0.1) is 10.7 Å². The highest BCUT2D eigenvalue weighted by Gasteiger charge is 2.49. The van der Waals surface area contributed by atoms with Crippen LogP contribution in [0.1, 0.15) is 33.6 Å². The van der Waals surface area contributed by atoms with E-state index in [1.807, 2.05) is 0 Å². The van der Waals surface area contributed by atoms with Gasteiger partial charge in [-0.25, -0.2) is 4.79 Å². The number of imide groups is 1. The summed E-state index contributed by atoms with van der Waals surface area (Å²) >= 11 is 11.8. The number of nitrogens with zero attached hydrogens (tertiary/aromatic N) is 1. The Bertz CT molecular complexity index is 810. The normalized spacial score (nSPS) is 16.5. The molecule has 2 rings (SSSR count). The van der Waals surface area contributed by atoms with Crippen molar-refractivity contribution in [3.63, 3.8) is 0 Å². The van der Waals surface area contributed by atoms with Crippen LogP contribution in [-0.2, 0) is 19.1 Å². The number of rotatable bonds is 7. The molecule has 1 saturated heterocycles. The molecule has 8 nitrogen and oxygen atoms in total. The molecule has 4 amide bonds. The van der Waals surface area contributed by atoms with Crippen LogP contribution in [-0.4, -0.2) is 46.9 Å². The van der Waals surface area contributed by atoms with Gasteiger partial charge in [0.1, 0.15) is 12.1 Å². The third-order valence-corrected chi connectivity index (χ3v) is 5.17.